The largest absolute Gasteiger partial charge is 0.337 e. The van der Waals surface area contributed by atoms with Gasteiger partial charge in [-0.3, -0.25) is 4.79 Å². The van der Waals surface area contributed by atoms with Crippen molar-refractivity contribution in [2.45, 2.75) is 70.9 Å². The summed E-state index contributed by atoms with van der Waals surface area (Å²) >= 11 is 0. The summed E-state index contributed by atoms with van der Waals surface area (Å²) in [6.07, 6.45) is 7.79. The molecule has 0 unspecified atom stereocenters. The molecule has 0 bridgehead atoms. The Labute approximate surface area is 105 Å². The second kappa shape index (κ2) is 4.97. The summed E-state index contributed by atoms with van der Waals surface area (Å²) in [6.45, 7) is 5.04. The summed E-state index contributed by atoms with van der Waals surface area (Å²) in [6, 6.07) is 0.835. The summed E-state index contributed by atoms with van der Waals surface area (Å²) in [5, 5.41) is 0. The molecule has 2 fully saturated rings. The van der Waals surface area contributed by atoms with Crippen molar-refractivity contribution < 1.29 is 4.79 Å². The highest BCUT2D eigenvalue weighted by Crippen LogP contribution is 2.43. The summed E-state index contributed by atoms with van der Waals surface area (Å²) in [4.78, 5) is 14.6. The zero-order valence-corrected chi connectivity index (χ0v) is 11.2. The van der Waals surface area contributed by atoms with Crippen molar-refractivity contribution in [3.8, 4) is 0 Å². The van der Waals surface area contributed by atoms with Gasteiger partial charge in [0.05, 0.1) is 0 Å². The number of nitrogens with two attached hydrogens (primary N) is 1. The lowest BCUT2D eigenvalue weighted by atomic mass is 9.66. The lowest BCUT2D eigenvalue weighted by Crippen LogP contribution is -2.50. The van der Waals surface area contributed by atoms with Gasteiger partial charge < -0.3 is 10.6 Å². The molecule has 3 heteroatoms. The zero-order valence-electron chi connectivity index (χ0n) is 11.2. The van der Waals surface area contributed by atoms with Crippen molar-refractivity contribution >= 4 is 5.91 Å². The van der Waals surface area contributed by atoms with Gasteiger partial charge in [-0.25, -0.2) is 0 Å². The van der Waals surface area contributed by atoms with Gasteiger partial charge in [0, 0.05) is 18.5 Å². The fourth-order valence-corrected chi connectivity index (χ4v) is 3.45. The first-order valence-electron chi connectivity index (χ1n) is 7.09. The molecule has 2 aliphatic rings. The third-order valence-electron chi connectivity index (χ3n) is 4.85. The Bertz CT molecular complexity index is 270. The number of rotatable bonds is 3. The molecule has 2 N–H and O–H groups in total. The number of carbonyl (C=O) groups excluding carboxylic acids is 1. The van der Waals surface area contributed by atoms with Gasteiger partial charge in [0.1, 0.15) is 0 Å². The van der Waals surface area contributed by atoms with E-state index in [0.29, 0.717) is 31.0 Å². The van der Waals surface area contributed by atoms with Crippen LogP contribution in [0.1, 0.15) is 58.8 Å². The maximum atomic E-state index is 12.5. The molecule has 1 aliphatic heterocycles. The number of hydrogen-bond acceptors (Lipinski definition) is 2. The van der Waals surface area contributed by atoms with E-state index < -0.39 is 0 Å². The van der Waals surface area contributed by atoms with Gasteiger partial charge in [0.15, 0.2) is 0 Å². The van der Waals surface area contributed by atoms with E-state index in [1.54, 1.807) is 0 Å². The van der Waals surface area contributed by atoms with Crippen LogP contribution in [0.2, 0.25) is 0 Å². The Hall–Kier alpha value is -0.570. The topological polar surface area (TPSA) is 46.3 Å². The van der Waals surface area contributed by atoms with Crippen LogP contribution >= 0.6 is 0 Å². The molecule has 17 heavy (non-hydrogen) atoms. The second-order valence-corrected chi connectivity index (χ2v) is 6.16. The number of hydrogen-bond donors (Lipinski definition) is 1. The summed E-state index contributed by atoms with van der Waals surface area (Å²) in [7, 11) is 0. The van der Waals surface area contributed by atoms with Crippen molar-refractivity contribution in [3.05, 3.63) is 0 Å². The van der Waals surface area contributed by atoms with Gasteiger partial charge in [-0.15, -0.1) is 0 Å². The highest BCUT2D eigenvalue weighted by atomic mass is 16.2. The van der Waals surface area contributed by atoms with Crippen LogP contribution in [0.15, 0.2) is 0 Å². The molecule has 0 aromatic heterocycles. The minimum atomic E-state index is 0.147. The van der Waals surface area contributed by atoms with E-state index in [4.69, 9.17) is 5.73 Å². The van der Waals surface area contributed by atoms with Gasteiger partial charge in [0.25, 0.3) is 0 Å². The molecule has 1 aliphatic carbocycles. The Morgan fingerprint density at radius 1 is 1.24 bits per heavy atom. The normalized spacial score (nSPS) is 32.1. The van der Waals surface area contributed by atoms with Crippen LogP contribution in [-0.4, -0.2) is 29.4 Å². The maximum Gasteiger partial charge on any atom is 0.223 e. The average molecular weight is 238 g/mol. The molecule has 1 heterocycles. The minimum absolute atomic E-state index is 0.147. The van der Waals surface area contributed by atoms with Gasteiger partial charge in [-0.1, -0.05) is 6.42 Å². The molecule has 1 saturated heterocycles. The SMILES string of the molecule is C[C@@H]1CCC[C@H](C)N1C(=O)CC1(CN)CCC1. The van der Waals surface area contributed by atoms with Crippen LogP contribution in [0.3, 0.4) is 0 Å². The predicted octanol–water partition coefficient (Wildman–Crippen LogP) is 2.29. The average Bonchev–Trinajstić information content (AvgIpc) is 2.23. The molecule has 0 aromatic carbocycles. The van der Waals surface area contributed by atoms with E-state index in [1.807, 2.05) is 0 Å². The lowest BCUT2D eigenvalue weighted by Gasteiger charge is -2.45. The van der Waals surface area contributed by atoms with E-state index in [0.717, 1.165) is 25.7 Å². The van der Waals surface area contributed by atoms with Crippen LogP contribution in [-0.2, 0) is 4.79 Å². The molecular weight excluding hydrogens is 212 g/mol. The molecule has 0 aromatic rings. The Morgan fingerprint density at radius 3 is 2.24 bits per heavy atom. The minimum Gasteiger partial charge on any atom is -0.337 e. The lowest BCUT2D eigenvalue weighted by molar-refractivity contribution is -0.141. The third kappa shape index (κ3) is 2.49. The highest BCUT2D eigenvalue weighted by molar-refractivity contribution is 5.78. The van der Waals surface area contributed by atoms with E-state index in [9.17, 15) is 4.79 Å². The summed E-state index contributed by atoms with van der Waals surface area (Å²) in [5.41, 5.74) is 5.99. The van der Waals surface area contributed by atoms with E-state index in [2.05, 4.69) is 18.7 Å². The highest BCUT2D eigenvalue weighted by Gasteiger charge is 2.40. The number of amides is 1. The van der Waals surface area contributed by atoms with Crippen molar-refractivity contribution in [1.82, 2.24) is 4.90 Å². The van der Waals surface area contributed by atoms with Gasteiger partial charge in [-0.2, -0.15) is 0 Å². The van der Waals surface area contributed by atoms with Crippen molar-refractivity contribution in [2.75, 3.05) is 6.54 Å². The van der Waals surface area contributed by atoms with Crippen molar-refractivity contribution in [1.29, 1.82) is 0 Å². The van der Waals surface area contributed by atoms with E-state index >= 15 is 0 Å². The third-order valence-corrected chi connectivity index (χ3v) is 4.85. The molecule has 2 atom stereocenters. The maximum absolute atomic E-state index is 12.5. The van der Waals surface area contributed by atoms with Crippen LogP contribution in [0.4, 0.5) is 0 Å². The predicted molar refractivity (Wildman–Crippen MR) is 69.6 cm³/mol. The fraction of sp³-hybridized carbons (Fsp3) is 0.929. The van der Waals surface area contributed by atoms with E-state index in [-0.39, 0.29) is 5.41 Å². The number of carbonyl (C=O) groups is 1. The molecule has 0 spiro atoms. The van der Waals surface area contributed by atoms with Gasteiger partial charge >= 0.3 is 0 Å². The number of nitrogens with zero attached hydrogens (tertiary/aromatic N) is 1. The number of likely N-dealkylation sites (tertiary alicyclic amines) is 1. The van der Waals surface area contributed by atoms with Gasteiger partial charge in [0.2, 0.25) is 5.91 Å². The van der Waals surface area contributed by atoms with Crippen molar-refractivity contribution in [2.24, 2.45) is 11.1 Å². The van der Waals surface area contributed by atoms with Crippen molar-refractivity contribution in [3.63, 3.8) is 0 Å². The fourth-order valence-electron chi connectivity index (χ4n) is 3.45. The molecule has 0 radical (unpaired) electrons. The van der Waals surface area contributed by atoms with Crippen LogP contribution in [0.25, 0.3) is 0 Å². The molecule has 98 valence electrons. The molecule has 2 rings (SSSR count). The van der Waals surface area contributed by atoms with Crippen LogP contribution in [0, 0.1) is 5.41 Å². The quantitative estimate of drug-likeness (QED) is 0.820. The molecule has 3 nitrogen and oxygen atoms in total. The standard InChI is InChI=1S/C14H26N2O/c1-11-5-3-6-12(2)16(11)13(17)9-14(10-15)7-4-8-14/h11-12H,3-10,15H2,1-2H3/t11-,12+. The van der Waals surface area contributed by atoms with E-state index in [1.165, 1.54) is 12.8 Å². The molecule has 1 amide bonds. The smallest absolute Gasteiger partial charge is 0.223 e. The summed E-state index contributed by atoms with van der Waals surface area (Å²) in [5.74, 6) is 0.342. The zero-order chi connectivity index (χ0) is 12.5. The van der Waals surface area contributed by atoms with Crippen LogP contribution < -0.4 is 5.73 Å². The summed E-state index contributed by atoms with van der Waals surface area (Å²) < 4.78 is 0. The Morgan fingerprint density at radius 2 is 1.82 bits per heavy atom. The first kappa shape index (κ1) is 12.9. The van der Waals surface area contributed by atoms with Crippen LogP contribution in [0.5, 0.6) is 0 Å². The Kier molecular flexibility index (Phi) is 3.76. The second-order valence-electron chi connectivity index (χ2n) is 6.16. The monoisotopic (exact) mass is 238 g/mol. The Balaban J connectivity index is 1.98. The van der Waals surface area contributed by atoms with Gasteiger partial charge in [-0.05, 0) is 57.9 Å². The number of piperidine rings is 1. The first-order valence-corrected chi connectivity index (χ1v) is 7.09. The molecular formula is C14H26N2O. The molecule has 1 saturated carbocycles. The first-order chi connectivity index (χ1) is 8.08.